The Kier molecular flexibility index (Phi) is 5.12. The van der Waals surface area contributed by atoms with Crippen molar-refractivity contribution in [1.82, 2.24) is 5.32 Å². The predicted molar refractivity (Wildman–Crippen MR) is 81.6 cm³/mol. The number of amides is 1. The largest absolute Gasteiger partial charge is 0.469 e. The molecule has 1 aliphatic heterocycles. The monoisotopic (exact) mass is 329 g/mol. The maximum atomic E-state index is 12.5. The van der Waals surface area contributed by atoms with Gasteiger partial charge >= 0.3 is 5.97 Å². The molecule has 0 aromatic heterocycles. The van der Waals surface area contributed by atoms with E-state index in [1.54, 1.807) is 18.2 Å². The van der Waals surface area contributed by atoms with E-state index in [4.69, 9.17) is 23.2 Å². The van der Waals surface area contributed by atoms with E-state index in [9.17, 15) is 9.59 Å². The highest BCUT2D eigenvalue weighted by molar-refractivity contribution is 6.42. The van der Waals surface area contributed by atoms with Crippen LogP contribution in [0.15, 0.2) is 18.2 Å². The van der Waals surface area contributed by atoms with Crippen molar-refractivity contribution < 1.29 is 14.3 Å². The van der Waals surface area contributed by atoms with Crippen molar-refractivity contribution in [3.63, 3.8) is 0 Å². The molecular formula is C15H17Cl2NO3. The number of rotatable bonds is 4. The van der Waals surface area contributed by atoms with Gasteiger partial charge in [-0.1, -0.05) is 29.3 Å². The van der Waals surface area contributed by atoms with Crippen molar-refractivity contribution in [1.29, 1.82) is 0 Å². The molecule has 0 radical (unpaired) electrons. The fourth-order valence-electron chi connectivity index (χ4n) is 2.74. The van der Waals surface area contributed by atoms with Crippen LogP contribution >= 0.6 is 23.2 Å². The van der Waals surface area contributed by atoms with Gasteiger partial charge in [-0.3, -0.25) is 9.59 Å². The number of esters is 1. The van der Waals surface area contributed by atoms with Crippen LogP contribution in [0.1, 0.15) is 31.2 Å². The third-order valence-electron chi connectivity index (χ3n) is 3.96. The van der Waals surface area contributed by atoms with Crippen LogP contribution in [0.4, 0.5) is 0 Å². The van der Waals surface area contributed by atoms with Crippen LogP contribution in [-0.4, -0.2) is 25.5 Å². The summed E-state index contributed by atoms with van der Waals surface area (Å²) in [5.41, 5.74) is 0.0405. The minimum atomic E-state index is -0.749. The van der Waals surface area contributed by atoms with Crippen LogP contribution in [0.2, 0.25) is 10.0 Å². The Bertz CT molecular complexity index is 562. The van der Waals surface area contributed by atoms with Crippen LogP contribution in [0.5, 0.6) is 0 Å². The zero-order valence-corrected chi connectivity index (χ0v) is 13.3. The van der Waals surface area contributed by atoms with E-state index in [0.29, 0.717) is 29.4 Å². The summed E-state index contributed by atoms with van der Waals surface area (Å²) in [6.45, 7) is 0.653. The highest BCUT2D eigenvalue weighted by atomic mass is 35.5. The molecule has 4 nitrogen and oxygen atoms in total. The molecule has 0 bridgehead atoms. The molecule has 21 heavy (non-hydrogen) atoms. The van der Waals surface area contributed by atoms with Crippen molar-refractivity contribution in [2.24, 2.45) is 0 Å². The van der Waals surface area contributed by atoms with Crippen LogP contribution in [0, 0.1) is 0 Å². The number of piperidine rings is 1. The molecule has 1 unspecified atom stereocenters. The molecule has 0 aliphatic carbocycles. The van der Waals surface area contributed by atoms with E-state index < -0.39 is 5.41 Å². The summed E-state index contributed by atoms with van der Waals surface area (Å²) < 4.78 is 4.68. The quantitative estimate of drug-likeness (QED) is 0.863. The van der Waals surface area contributed by atoms with Gasteiger partial charge in [-0.25, -0.2) is 0 Å². The summed E-state index contributed by atoms with van der Waals surface area (Å²) in [5, 5.41) is 3.73. The molecule has 1 fully saturated rings. The zero-order chi connectivity index (χ0) is 15.5. The van der Waals surface area contributed by atoms with Gasteiger partial charge in [0, 0.05) is 13.0 Å². The lowest BCUT2D eigenvalue weighted by molar-refractivity contribution is -0.141. The first-order valence-electron chi connectivity index (χ1n) is 6.80. The van der Waals surface area contributed by atoms with Gasteiger partial charge in [0.2, 0.25) is 5.91 Å². The highest BCUT2D eigenvalue weighted by Crippen LogP contribution is 2.39. The topological polar surface area (TPSA) is 55.4 Å². The molecule has 0 saturated carbocycles. The second-order valence-corrected chi connectivity index (χ2v) is 5.96. The Morgan fingerprint density at radius 2 is 2.14 bits per heavy atom. The highest BCUT2D eigenvalue weighted by Gasteiger charge is 2.42. The first-order chi connectivity index (χ1) is 9.99. The van der Waals surface area contributed by atoms with Gasteiger partial charge in [0.1, 0.15) is 0 Å². The lowest BCUT2D eigenvalue weighted by Crippen LogP contribution is -2.49. The molecule has 1 aromatic carbocycles. The van der Waals surface area contributed by atoms with Crippen LogP contribution in [0.25, 0.3) is 0 Å². The van der Waals surface area contributed by atoms with Crippen molar-refractivity contribution >= 4 is 35.1 Å². The first-order valence-corrected chi connectivity index (χ1v) is 7.56. The summed E-state index contributed by atoms with van der Waals surface area (Å²) in [6, 6.07) is 5.20. The van der Waals surface area contributed by atoms with E-state index >= 15 is 0 Å². The zero-order valence-electron chi connectivity index (χ0n) is 11.7. The first kappa shape index (κ1) is 16.1. The number of ether oxygens (including phenoxy) is 1. The van der Waals surface area contributed by atoms with E-state index in [-0.39, 0.29) is 18.3 Å². The number of methoxy groups -OCH3 is 1. The average molecular weight is 330 g/mol. The molecule has 2 rings (SSSR count). The lowest BCUT2D eigenvalue weighted by atomic mass is 9.71. The SMILES string of the molecule is COC(=O)CCC1(c2ccc(Cl)c(Cl)c2)CCCNC1=O. The van der Waals surface area contributed by atoms with Gasteiger partial charge in [-0.15, -0.1) is 0 Å². The molecule has 1 N–H and O–H groups in total. The van der Waals surface area contributed by atoms with Gasteiger partial charge in [0.15, 0.2) is 0 Å². The molecule has 6 heteroatoms. The van der Waals surface area contributed by atoms with E-state index in [0.717, 1.165) is 12.0 Å². The maximum Gasteiger partial charge on any atom is 0.305 e. The summed E-state index contributed by atoms with van der Waals surface area (Å²) in [7, 11) is 1.34. The molecule has 1 aliphatic rings. The van der Waals surface area contributed by atoms with Crippen LogP contribution in [-0.2, 0) is 19.7 Å². The summed E-state index contributed by atoms with van der Waals surface area (Å²) >= 11 is 12.0. The Hall–Kier alpha value is -1.26. The normalized spacial score (nSPS) is 21.8. The van der Waals surface area contributed by atoms with E-state index in [2.05, 4.69) is 10.1 Å². The molecular weight excluding hydrogens is 313 g/mol. The fraction of sp³-hybridized carbons (Fsp3) is 0.467. The molecule has 1 atom stereocenters. The Labute approximate surface area is 133 Å². The van der Waals surface area contributed by atoms with Gasteiger partial charge < -0.3 is 10.1 Å². The Morgan fingerprint density at radius 1 is 1.38 bits per heavy atom. The number of carbonyl (C=O) groups is 2. The molecule has 114 valence electrons. The molecule has 1 heterocycles. The summed E-state index contributed by atoms with van der Waals surface area (Å²) in [6.07, 6.45) is 2.11. The van der Waals surface area contributed by atoms with Crippen molar-refractivity contribution in [2.75, 3.05) is 13.7 Å². The molecule has 1 aromatic rings. The van der Waals surface area contributed by atoms with Crippen LogP contribution in [0.3, 0.4) is 0 Å². The van der Waals surface area contributed by atoms with Gasteiger partial charge in [-0.2, -0.15) is 0 Å². The molecule has 1 amide bonds. The third kappa shape index (κ3) is 3.33. The van der Waals surface area contributed by atoms with Crippen molar-refractivity contribution in [3.8, 4) is 0 Å². The van der Waals surface area contributed by atoms with E-state index in [1.807, 2.05) is 0 Å². The van der Waals surface area contributed by atoms with E-state index in [1.165, 1.54) is 7.11 Å². The number of nitrogens with one attached hydrogen (secondary N) is 1. The minimum absolute atomic E-state index is 0.0731. The Morgan fingerprint density at radius 3 is 2.76 bits per heavy atom. The second kappa shape index (κ2) is 6.67. The lowest BCUT2D eigenvalue weighted by Gasteiger charge is -2.36. The standard InChI is InChI=1S/C15H17Cl2NO3/c1-21-13(19)5-7-15(6-2-8-18-14(15)20)10-3-4-11(16)12(17)9-10/h3-4,9H,2,5-8H2,1H3,(H,18,20). The number of hydrogen-bond acceptors (Lipinski definition) is 3. The molecule has 1 saturated heterocycles. The number of benzene rings is 1. The summed E-state index contributed by atoms with van der Waals surface area (Å²) in [4.78, 5) is 23.9. The van der Waals surface area contributed by atoms with Crippen molar-refractivity contribution in [3.05, 3.63) is 33.8 Å². The van der Waals surface area contributed by atoms with Crippen molar-refractivity contribution in [2.45, 2.75) is 31.1 Å². The smallest absolute Gasteiger partial charge is 0.305 e. The van der Waals surface area contributed by atoms with Gasteiger partial charge in [-0.05, 0) is 37.0 Å². The second-order valence-electron chi connectivity index (χ2n) is 5.15. The average Bonchev–Trinajstić information content (AvgIpc) is 2.49. The third-order valence-corrected chi connectivity index (χ3v) is 4.70. The van der Waals surface area contributed by atoms with Gasteiger partial charge in [0.05, 0.1) is 22.6 Å². The fourth-order valence-corrected chi connectivity index (χ4v) is 3.04. The molecule has 0 spiro atoms. The number of halogens is 2. The Balaban J connectivity index is 2.36. The van der Waals surface area contributed by atoms with Gasteiger partial charge in [0.25, 0.3) is 0 Å². The predicted octanol–water partition coefficient (Wildman–Crippen LogP) is 3.09. The number of carbonyl (C=O) groups excluding carboxylic acids is 2. The minimum Gasteiger partial charge on any atom is -0.469 e. The number of hydrogen-bond donors (Lipinski definition) is 1. The summed E-state index contributed by atoms with van der Waals surface area (Å²) in [5.74, 6) is -0.399. The van der Waals surface area contributed by atoms with Crippen LogP contribution < -0.4 is 5.32 Å². The maximum absolute atomic E-state index is 12.5.